The van der Waals surface area contributed by atoms with E-state index >= 15 is 0 Å². The minimum Gasteiger partial charge on any atom is -0.367 e. The monoisotopic (exact) mass is 407 g/mol. The molecule has 29 heavy (non-hydrogen) atoms. The Hall–Kier alpha value is -2.19. The van der Waals surface area contributed by atoms with Gasteiger partial charge in [0.25, 0.3) is 0 Å². The molecule has 160 valence electrons. The summed E-state index contributed by atoms with van der Waals surface area (Å²) in [5, 5.41) is 10.1. The van der Waals surface area contributed by atoms with Crippen molar-refractivity contribution in [2.24, 2.45) is 0 Å². The second-order valence-electron chi connectivity index (χ2n) is 8.68. The van der Waals surface area contributed by atoms with Crippen LogP contribution in [-0.2, 0) is 17.9 Å². The van der Waals surface area contributed by atoms with Crippen LogP contribution in [0, 0.1) is 11.6 Å². The smallest absolute Gasteiger partial charge is 0.237 e. The fourth-order valence-electron chi connectivity index (χ4n) is 4.10. The van der Waals surface area contributed by atoms with Gasteiger partial charge >= 0.3 is 0 Å². The van der Waals surface area contributed by atoms with E-state index in [0.717, 1.165) is 25.1 Å². The molecule has 0 bridgehead atoms. The molecule has 8 heteroatoms. The van der Waals surface area contributed by atoms with Gasteiger partial charge in [-0.25, -0.2) is 8.78 Å². The molecule has 0 saturated heterocycles. The molecular formula is C21H31F2N5O. The van der Waals surface area contributed by atoms with E-state index in [1.165, 1.54) is 12.1 Å². The molecule has 3 N–H and O–H groups in total. The largest absolute Gasteiger partial charge is 0.367 e. The SMILES string of the molecule is C=C(NCN(C)C)NC1(C)CCC(NCC(=O)N2Cc3cc(F)c(F)cc3C2)C1. The Bertz CT molecular complexity index is 754. The van der Waals surface area contributed by atoms with Crippen LogP contribution in [0.3, 0.4) is 0 Å². The first-order valence-electron chi connectivity index (χ1n) is 9.99. The topological polar surface area (TPSA) is 59.6 Å². The molecule has 2 aliphatic rings. The molecular weight excluding hydrogens is 376 g/mol. The predicted octanol–water partition coefficient (Wildman–Crippen LogP) is 1.88. The second kappa shape index (κ2) is 8.67. The maximum Gasteiger partial charge on any atom is 0.237 e. The Morgan fingerprint density at radius 1 is 1.28 bits per heavy atom. The molecule has 1 heterocycles. The predicted molar refractivity (Wildman–Crippen MR) is 109 cm³/mol. The van der Waals surface area contributed by atoms with E-state index in [0.29, 0.717) is 30.9 Å². The molecule has 2 atom stereocenters. The molecule has 1 aliphatic carbocycles. The van der Waals surface area contributed by atoms with Crippen LogP contribution in [0.4, 0.5) is 8.78 Å². The Balaban J connectivity index is 1.44. The average molecular weight is 408 g/mol. The molecule has 1 aromatic carbocycles. The van der Waals surface area contributed by atoms with Gasteiger partial charge in [0.15, 0.2) is 11.6 Å². The van der Waals surface area contributed by atoms with Gasteiger partial charge in [0, 0.05) is 24.7 Å². The molecule has 0 radical (unpaired) electrons. The van der Waals surface area contributed by atoms with E-state index in [4.69, 9.17) is 0 Å². The average Bonchev–Trinajstić information content (AvgIpc) is 3.21. The minimum atomic E-state index is -0.865. The van der Waals surface area contributed by atoms with Gasteiger partial charge in [-0.05, 0) is 63.5 Å². The lowest BCUT2D eigenvalue weighted by molar-refractivity contribution is -0.131. The lowest BCUT2D eigenvalue weighted by atomic mass is 10.0. The van der Waals surface area contributed by atoms with Gasteiger partial charge in [0.2, 0.25) is 5.91 Å². The Morgan fingerprint density at radius 3 is 2.48 bits per heavy atom. The zero-order chi connectivity index (χ0) is 21.2. The molecule has 1 amide bonds. The second-order valence-corrected chi connectivity index (χ2v) is 8.68. The van der Waals surface area contributed by atoms with E-state index in [2.05, 4.69) is 29.5 Å². The summed E-state index contributed by atoms with van der Waals surface area (Å²) in [7, 11) is 3.97. The number of hydrogen-bond donors (Lipinski definition) is 3. The molecule has 2 unspecified atom stereocenters. The number of nitrogens with zero attached hydrogens (tertiary/aromatic N) is 2. The van der Waals surface area contributed by atoms with Gasteiger partial charge in [-0.3, -0.25) is 9.69 Å². The van der Waals surface area contributed by atoms with Crippen molar-refractivity contribution in [1.29, 1.82) is 0 Å². The van der Waals surface area contributed by atoms with Crippen LogP contribution in [0.15, 0.2) is 24.5 Å². The first-order chi connectivity index (χ1) is 13.6. The highest BCUT2D eigenvalue weighted by atomic mass is 19.2. The summed E-state index contributed by atoms with van der Waals surface area (Å²) < 4.78 is 26.8. The van der Waals surface area contributed by atoms with Crippen LogP contribution >= 0.6 is 0 Å². The summed E-state index contributed by atoms with van der Waals surface area (Å²) in [5.74, 6) is -0.987. The van der Waals surface area contributed by atoms with Crippen LogP contribution in [0.1, 0.15) is 37.3 Å². The van der Waals surface area contributed by atoms with Gasteiger partial charge in [-0.2, -0.15) is 0 Å². The fourth-order valence-corrected chi connectivity index (χ4v) is 4.10. The summed E-state index contributed by atoms with van der Waals surface area (Å²) in [5.41, 5.74) is 1.29. The summed E-state index contributed by atoms with van der Waals surface area (Å²) in [6.07, 6.45) is 2.84. The number of rotatable bonds is 8. The molecule has 1 aliphatic heterocycles. The van der Waals surface area contributed by atoms with Crippen molar-refractivity contribution < 1.29 is 13.6 Å². The minimum absolute atomic E-state index is 0.0550. The van der Waals surface area contributed by atoms with Crippen molar-refractivity contribution in [3.63, 3.8) is 0 Å². The number of amides is 1. The highest BCUT2D eigenvalue weighted by molar-refractivity contribution is 5.79. The standard InChI is InChI=1S/C21H31F2N5O/c1-14(25-13-27(3)4)26-21(2)6-5-17(9-21)24-10-20(29)28-11-15-7-18(22)19(23)8-16(15)12-28/h7-8,17,24-26H,1,5-6,9-13H2,2-4H3. The van der Waals surface area contributed by atoms with E-state index in [1.54, 1.807) is 4.90 Å². The fraction of sp³-hybridized carbons (Fsp3) is 0.571. The first-order valence-corrected chi connectivity index (χ1v) is 9.99. The first kappa shape index (κ1) is 21.5. The van der Waals surface area contributed by atoms with Crippen molar-refractivity contribution >= 4 is 5.91 Å². The molecule has 1 fully saturated rings. The summed E-state index contributed by atoms with van der Waals surface area (Å²) in [6, 6.07) is 2.62. The molecule has 0 aromatic heterocycles. The van der Waals surface area contributed by atoms with Gasteiger partial charge < -0.3 is 20.9 Å². The summed E-state index contributed by atoms with van der Waals surface area (Å²) in [6.45, 7) is 7.79. The van der Waals surface area contributed by atoms with Crippen molar-refractivity contribution in [3.8, 4) is 0 Å². The number of benzene rings is 1. The zero-order valence-corrected chi connectivity index (χ0v) is 17.4. The summed E-state index contributed by atoms with van der Waals surface area (Å²) >= 11 is 0. The highest BCUT2D eigenvalue weighted by Gasteiger charge is 2.35. The lowest BCUT2D eigenvalue weighted by Crippen LogP contribution is -2.46. The van der Waals surface area contributed by atoms with E-state index in [-0.39, 0.29) is 24.0 Å². The number of halogens is 2. The normalized spacial score (nSPS) is 23.4. The number of nitrogens with one attached hydrogen (secondary N) is 3. The Kier molecular flexibility index (Phi) is 6.43. The van der Waals surface area contributed by atoms with Gasteiger partial charge in [-0.1, -0.05) is 6.58 Å². The lowest BCUT2D eigenvalue weighted by Gasteiger charge is -2.29. The van der Waals surface area contributed by atoms with Crippen LogP contribution in [0.25, 0.3) is 0 Å². The van der Waals surface area contributed by atoms with Gasteiger partial charge in [0.05, 0.1) is 19.0 Å². The molecule has 3 rings (SSSR count). The summed E-state index contributed by atoms with van der Waals surface area (Å²) in [4.78, 5) is 16.2. The third-order valence-electron chi connectivity index (χ3n) is 5.66. The van der Waals surface area contributed by atoms with Crippen LogP contribution in [0.5, 0.6) is 0 Å². The Morgan fingerprint density at radius 2 is 1.90 bits per heavy atom. The van der Waals surface area contributed by atoms with E-state index in [1.807, 2.05) is 19.0 Å². The van der Waals surface area contributed by atoms with Gasteiger partial charge in [0.1, 0.15) is 0 Å². The van der Waals surface area contributed by atoms with Crippen molar-refractivity contribution in [2.45, 2.75) is 50.9 Å². The van der Waals surface area contributed by atoms with Crippen molar-refractivity contribution in [1.82, 2.24) is 25.8 Å². The third-order valence-corrected chi connectivity index (χ3v) is 5.66. The zero-order valence-electron chi connectivity index (χ0n) is 17.4. The quantitative estimate of drug-likeness (QED) is 0.575. The molecule has 0 spiro atoms. The van der Waals surface area contributed by atoms with Crippen molar-refractivity contribution in [3.05, 3.63) is 47.3 Å². The third kappa shape index (κ3) is 5.45. The van der Waals surface area contributed by atoms with Crippen LogP contribution < -0.4 is 16.0 Å². The van der Waals surface area contributed by atoms with E-state index < -0.39 is 11.6 Å². The maximum atomic E-state index is 13.4. The van der Waals surface area contributed by atoms with Crippen LogP contribution in [0.2, 0.25) is 0 Å². The number of carbonyl (C=O) groups excluding carboxylic acids is 1. The Labute approximate surface area is 171 Å². The van der Waals surface area contributed by atoms with Gasteiger partial charge in [-0.15, -0.1) is 0 Å². The molecule has 1 aromatic rings. The molecule has 1 saturated carbocycles. The highest BCUT2D eigenvalue weighted by Crippen LogP contribution is 2.30. The van der Waals surface area contributed by atoms with Crippen molar-refractivity contribution in [2.75, 3.05) is 27.3 Å². The number of carbonyl (C=O) groups is 1. The van der Waals surface area contributed by atoms with Crippen LogP contribution in [-0.4, -0.2) is 54.6 Å². The number of fused-ring (bicyclic) bond motifs is 1. The number of hydrogen-bond acceptors (Lipinski definition) is 5. The maximum absolute atomic E-state index is 13.4. The molecule has 6 nitrogen and oxygen atoms in total. The van der Waals surface area contributed by atoms with E-state index in [9.17, 15) is 13.6 Å².